The fraction of sp³-hybridized carbons (Fsp3) is 0.471. The normalized spacial score (nSPS) is 21.7. The van der Waals surface area contributed by atoms with E-state index in [1.807, 2.05) is 0 Å². The van der Waals surface area contributed by atoms with E-state index in [-0.39, 0.29) is 30.2 Å². The number of rotatable bonds is 7. The highest BCUT2D eigenvalue weighted by Crippen LogP contribution is 2.36. The number of halogens is 2. The first-order valence-corrected chi connectivity index (χ1v) is 8.22. The molecule has 8 nitrogen and oxygen atoms in total. The molecule has 2 rings (SSSR count). The first-order valence-electron chi connectivity index (χ1n) is 8.22. The summed E-state index contributed by atoms with van der Waals surface area (Å²) >= 11 is 0. The maximum absolute atomic E-state index is 13.5. The largest absolute Gasteiger partial charge is 0.456 e. The molecule has 0 aromatic heterocycles. The molecular weight excluding hydrogens is 366 g/mol. The van der Waals surface area contributed by atoms with E-state index >= 15 is 0 Å². The van der Waals surface area contributed by atoms with Gasteiger partial charge in [-0.3, -0.25) is 24.5 Å². The second-order valence-electron chi connectivity index (χ2n) is 6.47. The number of nitrogens with one attached hydrogen (secondary N) is 1. The molecule has 0 unspecified atom stereocenters. The van der Waals surface area contributed by atoms with Crippen molar-refractivity contribution in [1.82, 2.24) is 0 Å². The SMILES string of the molecule is C[C@H]1CC(=O)[C@@H](CC(=O)OCC(=O)Nc2ccc(F)cc2F)[C@@H]1C[N+](=O)[O-]. The van der Waals surface area contributed by atoms with Crippen molar-refractivity contribution in [1.29, 1.82) is 0 Å². The number of anilines is 1. The second kappa shape index (κ2) is 8.65. The van der Waals surface area contributed by atoms with Gasteiger partial charge in [0.25, 0.3) is 5.91 Å². The molecule has 0 saturated heterocycles. The zero-order valence-corrected chi connectivity index (χ0v) is 14.4. The lowest BCUT2D eigenvalue weighted by atomic mass is 9.88. The predicted octanol–water partition coefficient (Wildman–Crippen LogP) is 1.95. The second-order valence-corrected chi connectivity index (χ2v) is 6.47. The topological polar surface area (TPSA) is 116 Å². The Kier molecular flexibility index (Phi) is 6.54. The molecule has 1 fully saturated rings. The molecule has 0 radical (unpaired) electrons. The van der Waals surface area contributed by atoms with E-state index in [1.165, 1.54) is 0 Å². The quantitative estimate of drug-likeness (QED) is 0.436. The van der Waals surface area contributed by atoms with Gasteiger partial charge >= 0.3 is 5.97 Å². The zero-order valence-electron chi connectivity index (χ0n) is 14.4. The minimum absolute atomic E-state index is 0.154. The van der Waals surface area contributed by atoms with Crippen LogP contribution in [0.25, 0.3) is 0 Å². The van der Waals surface area contributed by atoms with Crippen LogP contribution in [0, 0.1) is 39.5 Å². The van der Waals surface area contributed by atoms with Gasteiger partial charge in [0.15, 0.2) is 6.61 Å². The van der Waals surface area contributed by atoms with Crippen molar-refractivity contribution in [2.75, 3.05) is 18.5 Å². The summed E-state index contributed by atoms with van der Waals surface area (Å²) in [5.74, 6) is -5.35. The standard InChI is InChI=1S/C17H18F2N2O6/c1-9-4-15(22)11(12(9)7-21(25)26)6-17(24)27-8-16(23)20-14-3-2-10(18)5-13(14)19/h2-3,5,9,11-12H,4,6-8H2,1H3,(H,20,23)/t9-,11-,12+/m0/s1. The summed E-state index contributed by atoms with van der Waals surface area (Å²) in [7, 11) is 0. The van der Waals surface area contributed by atoms with E-state index in [4.69, 9.17) is 4.74 Å². The number of nitro groups is 1. The van der Waals surface area contributed by atoms with Crippen molar-refractivity contribution in [3.05, 3.63) is 39.9 Å². The summed E-state index contributed by atoms with van der Waals surface area (Å²) in [6.07, 6.45) is -0.208. The predicted molar refractivity (Wildman–Crippen MR) is 88.2 cm³/mol. The van der Waals surface area contributed by atoms with Crippen molar-refractivity contribution >= 4 is 23.3 Å². The van der Waals surface area contributed by atoms with Gasteiger partial charge in [-0.25, -0.2) is 8.78 Å². The van der Waals surface area contributed by atoms with Crippen molar-refractivity contribution in [3.63, 3.8) is 0 Å². The van der Waals surface area contributed by atoms with Gasteiger partial charge in [-0.15, -0.1) is 0 Å². The highest BCUT2D eigenvalue weighted by atomic mass is 19.1. The molecule has 0 heterocycles. The molecule has 1 N–H and O–H groups in total. The van der Waals surface area contributed by atoms with Crippen LogP contribution in [0.5, 0.6) is 0 Å². The molecule has 3 atom stereocenters. The highest BCUT2D eigenvalue weighted by Gasteiger charge is 2.44. The summed E-state index contributed by atoms with van der Waals surface area (Å²) in [4.78, 5) is 45.8. The Morgan fingerprint density at radius 1 is 1.37 bits per heavy atom. The summed E-state index contributed by atoms with van der Waals surface area (Å²) in [5, 5.41) is 12.9. The minimum Gasteiger partial charge on any atom is -0.456 e. The lowest BCUT2D eigenvalue weighted by molar-refractivity contribution is -0.490. The number of amides is 1. The number of carbonyl (C=O) groups excluding carboxylic acids is 3. The van der Waals surface area contributed by atoms with Gasteiger partial charge in [-0.2, -0.15) is 0 Å². The molecule has 10 heteroatoms. The smallest absolute Gasteiger partial charge is 0.307 e. The summed E-state index contributed by atoms with van der Waals surface area (Å²) in [6, 6.07) is 2.56. The third-order valence-electron chi connectivity index (χ3n) is 4.50. The number of ketones is 1. The molecule has 1 aromatic rings. The van der Waals surface area contributed by atoms with Crippen molar-refractivity contribution < 1.29 is 32.8 Å². The van der Waals surface area contributed by atoms with Crippen molar-refractivity contribution in [3.8, 4) is 0 Å². The van der Waals surface area contributed by atoms with E-state index in [9.17, 15) is 33.3 Å². The fourth-order valence-corrected chi connectivity index (χ4v) is 3.16. The Morgan fingerprint density at radius 3 is 2.70 bits per heavy atom. The summed E-state index contributed by atoms with van der Waals surface area (Å²) in [6.45, 7) is 0.559. The van der Waals surface area contributed by atoms with Crippen molar-refractivity contribution in [2.24, 2.45) is 17.8 Å². The third kappa shape index (κ3) is 5.53. The third-order valence-corrected chi connectivity index (χ3v) is 4.50. The van der Waals surface area contributed by atoms with Gasteiger partial charge in [0.2, 0.25) is 6.54 Å². The van der Waals surface area contributed by atoms with Crippen LogP contribution < -0.4 is 5.32 Å². The average molecular weight is 384 g/mol. The van der Waals surface area contributed by atoms with Gasteiger partial charge in [0, 0.05) is 29.2 Å². The number of benzene rings is 1. The molecule has 27 heavy (non-hydrogen) atoms. The van der Waals surface area contributed by atoms with Crippen LogP contribution in [0.3, 0.4) is 0 Å². The van der Waals surface area contributed by atoms with E-state index < -0.39 is 53.4 Å². The van der Waals surface area contributed by atoms with Crippen LogP contribution in [0.4, 0.5) is 14.5 Å². The van der Waals surface area contributed by atoms with E-state index in [0.717, 1.165) is 12.1 Å². The maximum atomic E-state index is 13.5. The Morgan fingerprint density at radius 2 is 2.07 bits per heavy atom. The molecule has 1 amide bonds. The van der Waals surface area contributed by atoms with E-state index in [1.54, 1.807) is 6.92 Å². The van der Waals surface area contributed by atoms with Crippen LogP contribution >= 0.6 is 0 Å². The van der Waals surface area contributed by atoms with Gasteiger partial charge in [0.1, 0.15) is 17.4 Å². The number of ether oxygens (including phenoxy) is 1. The first-order chi connectivity index (χ1) is 12.7. The Labute approximate surface area is 153 Å². The van der Waals surface area contributed by atoms with Gasteiger partial charge in [-0.1, -0.05) is 6.92 Å². The molecule has 1 aliphatic rings. The molecule has 0 aliphatic heterocycles. The van der Waals surface area contributed by atoms with Crippen LogP contribution in [0.2, 0.25) is 0 Å². The lowest BCUT2D eigenvalue weighted by Gasteiger charge is -2.17. The number of esters is 1. The molecule has 0 bridgehead atoms. The Bertz CT molecular complexity index is 770. The molecule has 1 aromatic carbocycles. The van der Waals surface area contributed by atoms with Crippen LogP contribution in [-0.2, 0) is 19.1 Å². The van der Waals surface area contributed by atoms with E-state index in [0.29, 0.717) is 6.07 Å². The summed E-state index contributed by atoms with van der Waals surface area (Å²) < 4.78 is 31.0. The number of carbonyl (C=O) groups is 3. The molecule has 1 saturated carbocycles. The van der Waals surface area contributed by atoms with Gasteiger partial charge < -0.3 is 10.1 Å². The van der Waals surface area contributed by atoms with E-state index in [2.05, 4.69) is 5.32 Å². The highest BCUT2D eigenvalue weighted by molar-refractivity contribution is 5.93. The van der Waals surface area contributed by atoms with Gasteiger partial charge in [-0.05, 0) is 18.1 Å². The number of Topliss-reactive ketones (excluding diaryl/α,β-unsaturated/α-hetero) is 1. The summed E-state index contributed by atoms with van der Waals surface area (Å²) in [5.41, 5.74) is -0.275. The van der Waals surface area contributed by atoms with Crippen LogP contribution in [0.15, 0.2) is 18.2 Å². The molecular formula is C17H18F2N2O6. The zero-order chi connectivity index (χ0) is 20.1. The first kappa shape index (κ1) is 20.4. The fourth-order valence-electron chi connectivity index (χ4n) is 3.16. The van der Waals surface area contributed by atoms with Crippen LogP contribution in [0.1, 0.15) is 19.8 Å². The van der Waals surface area contributed by atoms with Crippen molar-refractivity contribution in [2.45, 2.75) is 19.8 Å². The monoisotopic (exact) mass is 384 g/mol. The lowest BCUT2D eigenvalue weighted by Crippen LogP contribution is -2.28. The van der Waals surface area contributed by atoms with Crippen LogP contribution in [-0.4, -0.2) is 35.7 Å². The molecule has 1 aliphatic carbocycles. The molecule has 0 spiro atoms. The number of hydrogen-bond donors (Lipinski definition) is 1. The Hall–Kier alpha value is -2.91. The maximum Gasteiger partial charge on any atom is 0.307 e. The minimum atomic E-state index is -0.983. The van der Waals surface area contributed by atoms with Gasteiger partial charge in [0.05, 0.1) is 12.1 Å². The number of hydrogen-bond acceptors (Lipinski definition) is 6. The average Bonchev–Trinajstić information content (AvgIpc) is 2.82. The number of nitrogens with zero attached hydrogens (tertiary/aromatic N) is 1. The Balaban J connectivity index is 1.86. The molecule has 146 valence electrons.